The Morgan fingerprint density at radius 1 is 1.13 bits per heavy atom. The van der Waals surface area contributed by atoms with Crippen molar-refractivity contribution in [2.24, 2.45) is 4.99 Å². The van der Waals surface area contributed by atoms with Crippen molar-refractivity contribution in [1.82, 2.24) is 0 Å². The van der Waals surface area contributed by atoms with Crippen LogP contribution >= 0.6 is 11.8 Å². The Hall–Kier alpha value is -3.06. The van der Waals surface area contributed by atoms with Crippen molar-refractivity contribution in [2.75, 3.05) is 24.4 Å². The van der Waals surface area contributed by atoms with Crippen LogP contribution in [0.15, 0.2) is 65.3 Å². The number of benzene rings is 2. The third-order valence-corrected chi connectivity index (χ3v) is 5.35. The number of amides is 1. The molecule has 0 bridgehead atoms. The lowest BCUT2D eigenvalue weighted by atomic mass is 10.2. The number of esters is 1. The average Bonchev–Trinajstić information content (AvgIpc) is 3.07. The molecule has 3 rings (SSSR count). The molecule has 1 aliphatic heterocycles. The van der Waals surface area contributed by atoms with E-state index in [0.29, 0.717) is 36.1 Å². The average molecular weight is 425 g/mol. The van der Waals surface area contributed by atoms with Crippen LogP contribution in [-0.2, 0) is 14.3 Å². The Bertz CT molecular complexity index is 939. The van der Waals surface area contributed by atoms with E-state index in [9.17, 15) is 9.59 Å². The molecular weight excluding hydrogens is 400 g/mol. The predicted octanol–water partition coefficient (Wildman–Crippen LogP) is 4.52. The maximum atomic E-state index is 13.1. The molecule has 1 heterocycles. The topological polar surface area (TPSA) is 68.2 Å². The number of nitrogens with zero attached hydrogens (tertiary/aromatic N) is 2. The van der Waals surface area contributed by atoms with Gasteiger partial charge in [-0.05, 0) is 49.2 Å². The van der Waals surface area contributed by atoms with Gasteiger partial charge in [0.1, 0.15) is 11.4 Å². The molecular formula is C23H24N2O4S. The molecule has 0 aromatic heterocycles. The van der Waals surface area contributed by atoms with Gasteiger partial charge in [0, 0.05) is 12.2 Å². The van der Waals surface area contributed by atoms with Gasteiger partial charge in [0.2, 0.25) is 0 Å². The normalized spacial score (nSPS) is 14.7. The van der Waals surface area contributed by atoms with Crippen LogP contribution in [0.25, 0.3) is 6.08 Å². The van der Waals surface area contributed by atoms with Gasteiger partial charge in [-0.15, -0.1) is 0 Å². The number of para-hydroxylation sites is 1. The zero-order chi connectivity index (χ0) is 21.3. The highest BCUT2D eigenvalue weighted by molar-refractivity contribution is 8.14. The van der Waals surface area contributed by atoms with Crippen LogP contribution in [0.5, 0.6) is 5.75 Å². The molecule has 2 aromatic rings. The van der Waals surface area contributed by atoms with Crippen molar-refractivity contribution in [3.8, 4) is 5.75 Å². The summed E-state index contributed by atoms with van der Waals surface area (Å²) in [6.07, 6.45) is 2.77. The van der Waals surface area contributed by atoms with E-state index < -0.39 is 0 Å². The molecule has 7 heteroatoms. The number of aliphatic imine (C=N–C) groups is 1. The summed E-state index contributed by atoms with van der Waals surface area (Å²) < 4.78 is 10.1. The van der Waals surface area contributed by atoms with Gasteiger partial charge in [0.25, 0.3) is 5.91 Å². The maximum absolute atomic E-state index is 13.1. The summed E-state index contributed by atoms with van der Waals surface area (Å²) in [5.41, 5.74) is 2.00. The fraction of sp³-hybridized carbons (Fsp3) is 0.261. The lowest BCUT2D eigenvalue weighted by molar-refractivity contribution is -0.143. The number of hydrogen-bond acceptors (Lipinski definition) is 6. The fourth-order valence-electron chi connectivity index (χ4n) is 2.87. The SMILES string of the molecule is CCOC(=O)CCCSC1=NC(=Cc2ccc(OC)cc2)C(=O)N1c1ccccc1. The summed E-state index contributed by atoms with van der Waals surface area (Å²) >= 11 is 1.46. The molecule has 0 unspecified atom stereocenters. The van der Waals surface area contributed by atoms with Gasteiger partial charge in [-0.3, -0.25) is 14.5 Å². The van der Waals surface area contributed by atoms with Crippen molar-refractivity contribution < 1.29 is 19.1 Å². The first-order valence-electron chi connectivity index (χ1n) is 9.74. The third kappa shape index (κ3) is 5.51. The van der Waals surface area contributed by atoms with Crippen molar-refractivity contribution in [3.05, 3.63) is 65.9 Å². The van der Waals surface area contributed by atoms with E-state index in [4.69, 9.17) is 9.47 Å². The largest absolute Gasteiger partial charge is 0.497 e. The Morgan fingerprint density at radius 2 is 1.87 bits per heavy atom. The maximum Gasteiger partial charge on any atom is 0.305 e. The number of ether oxygens (including phenoxy) is 2. The zero-order valence-corrected chi connectivity index (χ0v) is 17.9. The molecule has 0 N–H and O–H groups in total. The van der Waals surface area contributed by atoms with Crippen LogP contribution in [0.2, 0.25) is 0 Å². The second-order valence-corrected chi connectivity index (χ2v) is 7.49. The van der Waals surface area contributed by atoms with Crippen LogP contribution in [0.4, 0.5) is 5.69 Å². The van der Waals surface area contributed by atoms with Crippen LogP contribution < -0.4 is 9.64 Å². The van der Waals surface area contributed by atoms with Gasteiger partial charge in [-0.1, -0.05) is 42.1 Å². The zero-order valence-electron chi connectivity index (χ0n) is 17.0. The fourth-order valence-corrected chi connectivity index (χ4v) is 3.82. The van der Waals surface area contributed by atoms with E-state index in [-0.39, 0.29) is 11.9 Å². The lowest BCUT2D eigenvalue weighted by Gasteiger charge is -2.17. The first-order chi connectivity index (χ1) is 14.6. The number of methoxy groups -OCH3 is 1. The third-order valence-electron chi connectivity index (χ3n) is 4.32. The molecule has 0 fully saturated rings. The standard InChI is InChI=1S/C23H24N2O4S/c1-3-29-21(26)10-7-15-30-23-24-20(16-17-11-13-19(28-2)14-12-17)22(27)25(23)18-8-5-4-6-9-18/h4-6,8-9,11-14,16H,3,7,10,15H2,1-2H3. The van der Waals surface area contributed by atoms with Crippen molar-refractivity contribution in [1.29, 1.82) is 0 Å². The second kappa shape index (κ2) is 10.6. The van der Waals surface area contributed by atoms with Gasteiger partial charge >= 0.3 is 5.97 Å². The van der Waals surface area contributed by atoms with E-state index in [1.807, 2.05) is 54.6 Å². The molecule has 0 saturated carbocycles. The Morgan fingerprint density at radius 3 is 2.53 bits per heavy atom. The molecule has 0 atom stereocenters. The Kier molecular flexibility index (Phi) is 7.68. The van der Waals surface area contributed by atoms with Crippen LogP contribution in [0.1, 0.15) is 25.3 Å². The van der Waals surface area contributed by atoms with E-state index >= 15 is 0 Å². The van der Waals surface area contributed by atoms with Gasteiger partial charge < -0.3 is 9.47 Å². The van der Waals surface area contributed by atoms with E-state index in [1.165, 1.54) is 11.8 Å². The number of amidine groups is 1. The van der Waals surface area contributed by atoms with E-state index in [2.05, 4.69) is 4.99 Å². The minimum Gasteiger partial charge on any atom is -0.497 e. The molecule has 6 nitrogen and oxygen atoms in total. The predicted molar refractivity (Wildman–Crippen MR) is 121 cm³/mol. The molecule has 1 aliphatic rings. The number of carbonyl (C=O) groups excluding carboxylic acids is 2. The number of anilines is 1. The van der Waals surface area contributed by atoms with Gasteiger partial charge in [0.05, 0.1) is 19.4 Å². The monoisotopic (exact) mass is 424 g/mol. The molecule has 0 radical (unpaired) electrons. The lowest BCUT2D eigenvalue weighted by Crippen LogP contribution is -2.30. The molecule has 30 heavy (non-hydrogen) atoms. The number of hydrogen-bond donors (Lipinski definition) is 0. The molecule has 0 aliphatic carbocycles. The summed E-state index contributed by atoms with van der Waals surface area (Å²) in [5.74, 6) is 1.03. The quantitative estimate of drug-likeness (QED) is 0.354. The minimum absolute atomic E-state index is 0.176. The Labute approximate surface area is 180 Å². The summed E-state index contributed by atoms with van der Waals surface area (Å²) in [7, 11) is 1.61. The minimum atomic E-state index is -0.206. The number of carbonyl (C=O) groups is 2. The molecule has 156 valence electrons. The molecule has 2 aromatic carbocycles. The van der Waals surface area contributed by atoms with Crippen LogP contribution in [0, 0.1) is 0 Å². The smallest absolute Gasteiger partial charge is 0.305 e. The summed E-state index contributed by atoms with van der Waals surface area (Å²) in [6, 6.07) is 16.9. The highest BCUT2D eigenvalue weighted by Gasteiger charge is 2.31. The van der Waals surface area contributed by atoms with Crippen LogP contribution in [-0.4, -0.2) is 36.5 Å². The van der Waals surface area contributed by atoms with Crippen LogP contribution in [0.3, 0.4) is 0 Å². The van der Waals surface area contributed by atoms with E-state index in [0.717, 1.165) is 17.0 Å². The van der Waals surface area contributed by atoms with Crippen molar-refractivity contribution in [3.63, 3.8) is 0 Å². The highest BCUT2D eigenvalue weighted by Crippen LogP contribution is 2.30. The molecule has 1 amide bonds. The molecule has 0 spiro atoms. The van der Waals surface area contributed by atoms with Crippen molar-refractivity contribution >= 4 is 40.6 Å². The molecule has 0 saturated heterocycles. The van der Waals surface area contributed by atoms with E-state index in [1.54, 1.807) is 25.0 Å². The Balaban J connectivity index is 1.77. The summed E-state index contributed by atoms with van der Waals surface area (Å²) in [4.78, 5) is 30.8. The number of thioether (sulfide) groups is 1. The first-order valence-corrected chi connectivity index (χ1v) is 10.7. The van der Waals surface area contributed by atoms with Gasteiger partial charge in [-0.25, -0.2) is 4.99 Å². The summed E-state index contributed by atoms with van der Waals surface area (Å²) in [6.45, 7) is 2.18. The highest BCUT2D eigenvalue weighted by atomic mass is 32.2. The van der Waals surface area contributed by atoms with Gasteiger partial charge in [0.15, 0.2) is 5.17 Å². The first kappa shape index (κ1) is 21.6. The van der Waals surface area contributed by atoms with Gasteiger partial charge in [-0.2, -0.15) is 0 Å². The number of rotatable bonds is 8. The second-order valence-electron chi connectivity index (χ2n) is 6.43. The van der Waals surface area contributed by atoms with Crippen molar-refractivity contribution in [2.45, 2.75) is 19.8 Å². The summed E-state index contributed by atoms with van der Waals surface area (Å²) in [5, 5.41) is 0.606.